The van der Waals surface area contributed by atoms with E-state index in [1.165, 1.54) is 0 Å². The average Bonchev–Trinajstić information content (AvgIpc) is 2.76. The van der Waals surface area contributed by atoms with E-state index >= 15 is 0 Å². The van der Waals surface area contributed by atoms with Crippen LogP contribution in [0.4, 0.5) is 0 Å². The minimum atomic E-state index is -0.188. The van der Waals surface area contributed by atoms with Gasteiger partial charge < -0.3 is 0 Å². The molecule has 1 saturated heterocycles. The van der Waals surface area contributed by atoms with Crippen LogP contribution in [0.5, 0.6) is 0 Å². The van der Waals surface area contributed by atoms with E-state index in [0.29, 0.717) is 0 Å². The molecule has 2 bridgehead atoms. The molecule has 0 aromatic carbocycles. The molecule has 4 heteroatoms. The molecule has 13 heavy (non-hydrogen) atoms. The summed E-state index contributed by atoms with van der Waals surface area (Å²) in [5.74, 6) is 5.23. The van der Waals surface area contributed by atoms with Crippen molar-refractivity contribution in [1.82, 2.24) is 5.01 Å². The van der Waals surface area contributed by atoms with E-state index < -0.39 is 0 Å². The number of carbonyl (C=O) groups is 2. The zero-order valence-corrected chi connectivity index (χ0v) is 7.01. The summed E-state index contributed by atoms with van der Waals surface area (Å²) in [6.45, 7) is 0. The van der Waals surface area contributed by atoms with Crippen LogP contribution in [0.1, 0.15) is 6.42 Å². The number of allylic oxidation sites excluding steroid dienone is 2. The van der Waals surface area contributed by atoms with Gasteiger partial charge in [-0.05, 0) is 18.3 Å². The maximum absolute atomic E-state index is 11.5. The normalized spacial score (nSPS) is 46.4. The lowest BCUT2D eigenvalue weighted by molar-refractivity contribution is -0.141. The van der Waals surface area contributed by atoms with Crippen LogP contribution in [0.2, 0.25) is 0 Å². The van der Waals surface area contributed by atoms with Gasteiger partial charge in [0.1, 0.15) is 0 Å². The van der Waals surface area contributed by atoms with Crippen LogP contribution in [-0.2, 0) is 9.59 Å². The van der Waals surface area contributed by atoms with E-state index in [-0.39, 0.29) is 35.5 Å². The SMILES string of the molecule is NN1C(=O)C2C3C=CC(C3)C2C1=O. The predicted molar refractivity (Wildman–Crippen MR) is 43.8 cm³/mol. The van der Waals surface area contributed by atoms with Crippen LogP contribution in [0.25, 0.3) is 0 Å². The van der Waals surface area contributed by atoms with E-state index in [1.54, 1.807) is 0 Å². The molecule has 1 heterocycles. The van der Waals surface area contributed by atoms with Gasteiger partial charge in [0.05, 0.1) is 11.8 Å². The number of hydrazine groups is 1. The van der Waals surface area contributed by atoms with Crippen LogP contribution in [-0.4, -0.2) is 16.8 Å². The predicted octanol–water partition coefficient (Wildman–Crippen LogP) is -0.333. The lowest BCUT2D eigenvalue weighted by Gasteiger charge is -2.14. The highest BCUT2D eigenvalue weighted by Crippen LogP contribution is 2.51. The topological polar surface area (TPSA) is 63.4 Å². The van der Waals surface area contributed by atoms with Crippen molar-refractivity contribution in [3.8, 4) is 0 Å². The van der Waals surface area contributed by atoms with Gasteiger partial charge in [-0.1, -0.05) is 12.2 Å². The summed E-state index contributed by atoms with van der Waals surface area (Å²) in [4.78, 5) is 23.1. The van der Waals surface area contributed by atoms with Gasteiger partial charge in [-0.3, -0.25) is 9.59 Å². The number of imide groups is 1. The standard InChI is InChI=1S/C9H10N2O2/c10-11-8(12)6-4-1-2-5(3-4)7(6)9(11)13/h1-2,4-7H,3,10H2. The van der Waals surface area contributed by atoms with Crippen molar-refractivity contribution in [2.24, 2.45) is 29.5 Å². The third-order valence-corrected chi connectivity index (χ3v) is 3.50. The van der Waals surface area contributed by atoms with Crippen molar-refractivity contribution in [3.63, 3.8) is 0 Å². The molecule has 4 unspecified atom stereocenters. The zero-order chi connectivity index (χ0) is 9.16. The number of amides is 2. The van der Waals surface area contributed by atoms with E-state index in [0.717, 1.165) is 11.4 Å². The van der Waals surface area contributed by atoms with Crippen molar-refractivity contribution < 1.29 is 9.59 Å². The number of rotatable bonds is 0. The summed E-state index contributed by atoms with van der Waals surface area (Å²) in [5, 5.41) is 0.807. The van der Waals surface area contributed by atoms with Crippen molar-refractivity contribution in [2.45, 2.75) is 6.42 Å². The molecule has 4 nitrogen and oxygen atoms in total. The second-order valence-corrected chi connectivity index (χ2v) is 4.05. The fourth-order valence-corrected chi connectivity index (χ4v) is 2.93. The van der Waals surface area contributed by atoms with Gasteiger partial charge in [-0.2, -0.15) is 0 Å². The van der Waals surface area contributed by atoms with Gasteiger partial charge >= 0.3 is 0 Å². The molecule has 4 atom stereocenters. The van der Waals surface area contributed by atoms with Gasteiger partial charge in [0.2, 0.25) is 11.8 Å². The Bertz CT molecular complexity index is 307. The molecule has 0 spiro atoms. The Morgan fingerprint density at radius 3 is 2.08 bits per heavy atom. The van der Waals surface area contributed by atoms with Crippen molar-refractivity contribution in [3.05, 3.63) is 12.2 Å². The molecule has 2 amide bonds. The van der Waals surface area contributed by atoms with E-state index in [1.807, 2.05) is 0 Å². The molecule has 0 radical (unpaired) electrons. The van der Waals surface area contributed by atoms with Crippen molar-refractivity contribution in [2.75, 3.05) is 0 Å². The molecule has 1 saturated carbocycles. The van der Waals surface area contributed by atoms with Gasteiger partial charge in [-0.15, -0.1) is 0 Å². The monoisotopic (exact) mass is 178 g/mol. The van der Waals surface area contributed by atoms with Crippen LogP contribution >= 0.6 is 0 Å². The fraction of sp³-hybridized carbons (Fsp3) is 0.556. The van der Waals surface area contributed by atoms with Gasteiger partial charge in [0.25, 0.3) is 0 Å². The summed E-state index contributed by atoms with van der Waals surface area (Å²) in [6.07, 6.45) is 5.06. The molecule has 3 rings (SSSR count). The number of carbonyl (C=O) groups excluding carboxylic acids is 2. The van der Waals surface area contributed by atoms with Crippen molar-refractivity contribution in [1.29, 1.82) is 0 Å². The first kappa shape index (κ1) is 7.26. The Kier molecular flexibility index (Phi) is 1.12. The summed E-state index contributed by atoms with van der Waals surface area (Å²) < 4.78 is 0. The Balaban J connectivity index is 2.08. The Morgan fingerprint density at radius 2 is 1.62 bits per heavy atom. The summed E-state index contributed by atoms with van der Waals surface area (Å²) in [7, 11) is 0. The second kappa shape index (κ2) is 2.01. The van der Waals surface area contributed by atoms with Gasteiger partial charge in [-0.25, -0.2) is 10.9 Å². The lowest BCUT2D eigenvalue weighted by atomic mass is 9.85. The molecule has 0 aromatic heterocycles. The van der Waals surface area contributed by atoms with Crippen LogP contribution < -0.4 is 5.84 Å². The van der Waals surface area contributed by atoms with Crippen LogP contribution in [0, 0.1) is 23.7 Å². The van der Waals surface area contributed by atoms with E-state index in [9.17, 15) is 9.59 Å². The highest BCUT2D eigenvalue weighted by Gasteiger charge is 2.58. The summed E-state index contributed by atoms with van der Waals surface area (Å²) in [5.41, 5.74) is 0. The largest absolute Gasteiger partial charge is 0.273 e. The molecule has 2 aliphatic carbocycles. The Labute approximate surface area is 75.3 Å². The quantitative estimate of drug-likeness (QED) is 0.239. The van der Waals surface area contributed by atoms with Gasteiger partial charge in [0, 0.05) is 0 Å². The maximum Gasteiger partial charge on any atom is 0.248 e. The number of nitrogens with two attached hydrogens (primary N) is 1. The minimum Gasteiger partial charge on any atom is -0.273 e. The molecular formula is C9H10N2O2. The Hall–Kier alpha value is -1.16. The number of hydrogen-bond donors (Lipinski definition) is 1. The Morgan fingerprint density at radius 1 is 1.15 bits per heavy atom. The second-order valence-electron chi connectivity index (χ2n) is 4.05. The first-order chi connectivity index (χ1) is 6.20. The highest BCUT2D eigenvalue weighted by atomic mass is 16.2. The fourth-order valence-electron chi connectivity index (χ4n) is 2.93. The van der Waals surface area contributed by atoms with Crippen molar-refractivity contribution >= 4 is 11.8 Å². The zero-order valence-electron chi connectivity index (χ0n) is 7.01. The summed E-state index contributed by atoms with van der Waals surface area (Å²) in [6, 6.07) is 0. The first-order valence-corrected chi connectivity index (χ1v) is 4.51. The van der Waals surface area contributed by atoms with E-state index in [2.05, 4.69) is 12.2 Å². The summed E-state index contributed by atoms with van der Waals surface area (Å²) >= 11 is 0. The average molecular weight is 178 g/mol. The minimum absolute atomic E-state index is 0.146. The third-order valence-electron chi connectivity index (χ3n) is 3.50. The molecule has 3 aliphatic rings. The van der Waals surface area contributed by atoms with Crippen LogP contribution in [0.15, 0.2) is 12.2 Å². The maximum atomic E-state index is 11.5. The van der Waals surface area contributed by atoms with E-state index in [4.69, 9.17) is 5.84 Å². The third kappa shape index (κ3) is 0.659. The number of nitrogens with zero attached hydrogens (tertiary/aromatic N) is 1. The van der Waals surface area contributed by atoms with Crippen LogP contribution in [0.3, 0.4) is 0 Å². The highest BCUT2D eigenvalue weighted by molar-refractivity contribution is 6.05. The molecule has 1 aliphatic heterocycles. The molecule has 0 aromatic rings. The molecular weight excluding hydrogens is 168 g/mol. The lowest BCUT2D eigenvalue weighted by Crippen LogP contribution is -2.38. The van der Waals surface area contributed by atoms with Gasteiger partial charge in [0.15, 0.2) is 0 Å². The number of hydrogen-bond acceptors (Lipinski definition) is 3. The first-order valence-electron chi connectivity index (χ1n) is 4.51. The number of fused-ring (bicyclic) bond motifs is 5. The molecule has 2 N–H and O–H groups in total. The molecule has 68 valence electrons. The smallest absolute Gasteiger partial charge is 0.248 e. The molecule has 2 fully saturated rings.